The Labute approximate surface area is 111 Å². The summed E-state index contributed by atoms with van der Waals surface area (Å²) >= 11 is -0.00880. The SMILES string of the molecule is Oc1cccc(CNc2cccc3n[se]nc23)c1. The minimum absolute atomic E-state index is 0.00880. The van der Waals surface area contributed by atoms with Crippen molar-refractivity contribution >= 4 is 31.7 Å². The second kappa shape index (κ2) is 4.80. The summed E-state index contributed by atoms with van der Waals surface area (Å²) < 4.78 is 8.76. The van der Waals surface area contributed by atoms with Gasteiger partial charge >= 0.3 is 110 Å². The van der Waals surface area contributed by atoms with Gasteiger partial charge in [0.2, 0.25) is 0 Å². The van der Waals surface area contributed by atoms with Crippen LogP contribution in [0, 0.1) is 0 Å². The van der Waals surface area contributed by atoms with Gasteiger partial charge in [-0.1, -0.05) is 0 Å². The average Bonchev–Trinajstić information content (AvgIpc) is 2.85. The molecule has 1 aromatic heterocycles. The van der Waals surface area contributed by atoms with E-state index in [-0.39, 0.29) is 20.7 Å². The summed E-state index contributed by atoms with van der Waals surface area (Å²) in [5.74, 6) is 0.288. The van der Waals surface area contributed by atoms with Crippen LogP contribution in [0.1, 0.15) is 5.56 Å². The van der Waals surface area contributed by atoms with Crippen LogP contribution < -0.4 is 5.32 Å². The number of hydrogen-bond donors (Lipinski definition) is 2. The molecule has 18 heavy (non-hydrogen) atoms. The monoisotopic (exact) mass is 305 g/mol. The first kappa shape index (κ1) is 11.3. The molecule has 0 fully saturated rings. The molecule has 0 radical (unpaired) electrons. The molecule has 2 aromatic carbocycles. The Morgan fingerprint density at radius 3 is 2.89 bits per heavy atom. The molecule has 0 unspecified atom stereocenters. The van der Waals surface area contributed by atoms with E-state index in [0.717, 1.165) is 22.3 Å². The van der Waals surface area contributed by atoms with Gasteiger partial charge in [0.15, 0.2) is 0 Å². The fraction of sp³-hybridized carbons (Fsp3) is 0.0769. The standard InChI is InChI=1S/C13H11N3OSe/c17-10-4-1-3-9(7-10)8-14-11-5-2-6-12-13(11)16-18-15-12/h1-7,14,17H,8H2. The van der Waals surface area contributed by atoms with Crippen molar-refractivity contribution in [2.75, 3.05) is 5.32 Å². The Balaban J connectivity index is 1.83. The zero-order valence-electron chi connectivity index (χ0n) is 9.50. The van der Waals surface area contributed by atoms with E-state index < -0.39 is 0 Å². The minimum atomic E-state index is -0.00880. The summed E-state index contributed by atoms with van der Waals surface area (Å²) in [5, 5.41) is 12.7. The third-order valence-electron chi connectivity index (χ3n) is 2.68. The summed E-state index contributed by atoms with van der Waals surface area (Å²) in [6.07, 6.45) is 0. The normalized spacial score (nSPS) is 10.7. The van der Waals surface area contributed by atoms with Gasteiger partial charge in [-0.05, 0) is 0 Å². The number of aromatic nitrogens is 2. The third-order valence-corrected chi connectivity index (χ3v) is 3.82. The maximum absolute atomic E-state index is 9.41. The number of anilines is 1. The molecule has 0 bridgehead atoms. The molecular weight excluding hydrogens is 293 g/mol. The van der Waals surface area contributed by atoms with Gasteiger partial charge in [-0.3, -0.25) is 0 Å². The van der Waals surface area contributed by atoms with Crippen LogP contribution in [-0.2, 0) is 6.54 Å². The van der Waals surface area contributed by atoms with E-state index >= 15 is 0 Å². The average molecular weight is 304 g/mol. The van der Waals surface area contributed by atoms with Crippen molar-refractivity contribution in [3.05, 3.63) is 48.0 Å². The Hall–Kier alpha value is -1.84. The predicted molar refractivity (Wildman–Crippen MR) is 71.9 cm³/mol. The molecule has 0 saturated heterocycles. The quantitative estimate of drug-likeness (QED) is 0.727. The van der Waals surface area contributed by atoms with E-state index in [1.807, 2.05) is 30.3 Å². The Morgan fingerprint density at radius 2 is 2.00 bits per heavy atom. The van der Waals surface area contributed by atoms with Crippen LogP contribution in [0.2, 0.25) is 0 Å². The Morgan fingerprint density at radius 1 is 1.11 bits per heavy atom. The van der Waals surface area contributed by atoms with Crippen molar-refractivity contribution in [2.45, 2.75) is 6.54 Å². The number of aromatic hydroxyl groups is 1. The molecule has 1 heterocycles. The second-order valence-electron chi connectivity index (χ2n) is 3.96. The number of nitrogens with one attached hydrogen (secondary N) is 1. The first-order chi connectivity index (χ1) is 8.83. The third kappa shape index (κ3) is 2.23. The molecule has 0 spiro atoms. The van der Waals surface area contributed by atoms with E-state index in [0.29, 0.717) is 6.54 Å². The van der Waals surface area contributed by atoms with Crippen LogP contribution in [0.3, 0.4) is 0 Å². The molecule has 4 nitrogen and oxygen atoms in total. The summed E-state index contributed by atoms with van der Waals surface area (Å²) in [7, 11) is 0. The molecule has 0 aliphatic heterocycles. The Bertz CT molecular complexity index is 681. The molecule has 0 saturated carbocycles. The molecule has 0 atom stereocenters. The summed E-state index contributed by atoms with van der Waals surface area (Å²) in [6, 6.07) is 13.2. The fourth-order valence-corrected chi connectivity index (χ4v) is 2.97. The number of nitrogens with zero attached hydrogens (tertiary/aromatic N) is 2. The number of phenolic OH excluding ortho intramolecular Hbond substituents is 1. The zero-order chi connectivity index (χ0) is 12.4. The van der Waals surface area contributed by atoms with Crippen molar-refractivity contribution in [3.8, 4) is 5.75 Å². The van der Waals surface area contributed by atoms with Gasteiger partial charge in [-0.25, -0.2) is 0 Å². The van der Waals surface area contributed by atoms with Crippen molar-refractivity contribution in [3.63, 3.8) is 0 Å². The second-order valence-corrected chi connectivity index (χ2v) is 5.07. The first-order valence-corrected chi connectivity index (χ1v) is 7.09. The van der Waals surface area contributed by atoms with E-state index in [1.165, 1.54) is 0 Å². The van der Waals surface area contributed by atoms with Crippen LogP contribution in [-0.4, -0.2) is 28.0 Å². The van der Waals surface area contributed by atoms with Crippen LogP contribution >= 0.6 is 0 Å². The molecular formula is C13H11N3OSe. The molecule has 0 aliphatic carbocycles. The van der Waals surface area contributed by atoms with Gasteiger partial charge in [-0.15, -0.1) is 0 Å². The maximum atomic E-state index is 9.41. The molecule has 3 rings (SSSR count). The number of rotatable bonds is 3. The van der Waals surface area contributed by atoms with Crippen LogP contribution in [0.4, 0.5) is 5.69 Å². The summed E-state index contributed by atoms with van der Waals surface area (Å²) in [5.41, 5.74) is 3.96. The van der Waals surface area contributed by atoms with Crippen LogP contribution in [0.25, 0.3) is 11.0 Å². The van der Waals surface area contributed by atoms with Crippen molar-refractivity contribution in [2.24, 2.45) is 0 Å². The van der Waals surface area contributed by atoms with Crippen molar-refractivity contribution in [1.82, 2.24) is 7.96 Å². The number of hydrogen-bond acceptors (Lipinski definition) is 4. The van der Waals surface area contributed by atoms with Gasteiger partial charge in [0.1, 0.15) is 0 Å². The number of fused-ring (bicyclic) bond motifs is 1. The summed E-state index contributed by atoms with van der Waals surface area (Å²) in [6.45, 7) is 0.660. The van der Waals surface area contributed by atoms with E-state index in [2.05, 4.69) is 13.3 Å². The molecule has 0 amide bonds. The molecule has 90 valence electrons. The van der Waals surface area contributed by atoms with Gasteiger partial charge in [0.05, 0.1) is 0 Å². The predicted octanol–water partition coefficient (Wildman–Crippen LogP) is 2.00. The first-order valence-electron chi connectivity index (χ1n) is 5.56. The number of phenols is 1. The van der Waals surface area contributed by atoms with Gasteiger partial charge in [-0.2, -0.15) is 0 Å². The molecule has 3 aromatic rings. The molecule has 2 N–H and O–H groups in total. The molecule has 5 heteroatoms. The fourth-order valence-electron chi connectivity index (χ4n) is 1.81. The van der Waals surface area contributed by atoms with Crippen molar-refractivity contribution in [1.29, 1.82) is 0 Å². The van der Waals surface area contributed by atoms with E-state index in [9.17, 15) is 5.11 Å². The van der Waals surface area contributed by atoms with Crippen LogP contribution in [0.15, 0.2) is 42.5 Å². The van der Waals surface area contributed by atoms with Crippen molar-refractivity contribution < 1.29 is 5.11 Å². The van der Waals surface area contributed by atoms with Gasteiger partial charge < -0.3 is 0 Å². The molecule has 0 aliphatic rings. The van der Waals surface area contributed by atoms with E-state index in [1.54, 1.807) is 12.1 Å². The van der Waals surface area contributed by atoms with Crippen LogP contribution in [0.5, 0.6) is 5.75 Å². The van der Waals surface area contributed by atoms with Gasteiger partial charge in [0.25, 0.3) is 0 Å². The zero-order valence-corrected chi connectivity index (χ0v) is 11.2. The topological polar surface area (TPSA) is 58.0 Å². The van der Waals surface area contributed by atoms with E-state index in [4.69, 9.17) is 0 Å². The van der Waals surface area contributed by atoms with Gasteiger partial charge in [0, 0.05) is 0 Å². The number of benzene rings is 2. The Kier molecular flexibility index (Phi) is 3.00. The summed E-state index contributed by atoms with van der Waals surface area (Å²) in [4.78, 5) is 0.